The predicted octanol–water partition coefficient (Wildman–Crippen LogP) is 3.70. The molecule has 0 aromatic heterocycles. The SMILES string of the molecule is CC1(CCNCC(=O)CC2CCCC2)CCCC1. The number of hydrogen-bond donors (Lipinski definition) is 1. The molecule has 2 fully saturated rings. The largest absolute Gasteiger partial charge is 0.310 e. The molecule has 0 saturated heterocycles. The normalized spacial score (nSPS) is 23.6. The van der Waals surface area contributed by atoms with Crippen LogP contribution < -0.4 is 5.32 Å². The average Bonchev–Trinajstić information content (AvgIpc) is 2.97. The van der Waals surface area contributed by atoms with Crippen LogP contribution in [-0.2, 0) is 4.79 Å². The van der Waals surface area contributed by atoms with Gasteiger partial charge in [0.05, 0.1) is 6.54 Å². The van der Waals surface area contributed by atoms with E-state index in [4.69, 9.17) is 0 Å². The van der Waals surface area contributed by atoms with Gasteiger partial charge >= 0.3 is 0 Å². The maximum atomic E-state index is 11.8. The molecule has 0 spiro atoms. The third-order valence-electron chi connectivity index (χ3n) is 5.03. The van der Waals surface area contributed by atoms with Gasteiger partial charge in [0, 0.05) is 6.42 Å². The summed E-state index contributed by atoms with van der Waals surface area (Å²) in [6.45, 7) is 4.03. The lowest BCUT2D eigenvalue weighted by atomic mass is 9.85. The molecule has 18 heavy (non-hydrogen) atoms. The van der Waals surface area contributed by atoms with Crippen molar-refractivity contribution in [1.82, 2.24) is 5.32 Å². The quantitative estimate of drug-likeness (QED) is 0.699. The first-order chi connectivity index (χ1) is 8.68. The zero-order valence-corrected chi connectivity index (χ0v) is 12.0. The highest BCUT2D eigenvalue weighted by atomic mass is 16.1. The summed E-state index contributed by atoms with van der Waals surface area (Å²) in [4.78, 5) is 11.8. The van der Waals surface area contributed by atoms with Crippen molar-refractivity contribution in [3.8, 4) is 0 Å². The van der Waals surface area contributed by atoms with Gasteiger partial charge in [-0.2, -0.15) is 0 Å². The highest BCUT2D eigenvalue weighted by molar-refractivity contribution is 5.80. The summed E-state index contributed by atoms with van der Waals surface area (Å²) in [5.41, 5.74) is 0.557. The second-order valence-electron chi connectivity index (χ2n) is 6.84. The van der Waals surface area contributed by atoms with Crippen molar-refractivity contribution >= 4 is 5.78 Å². The van der Waals surface area contributed by atoms with Crippen LogP contribution in [-0.4, -0.2) is 18.9 Å². The summed E-state index contributed by atoms with van der Waals surface area (Å²) in [5.74, 6) is 1.13. The Hall–Kier alpha value is -0.370. The van der Waals surface area contributed by atoms with Crippen molar-refractivity contribution in [3.63, 3.8) is 0 Å². The van der Waals surface area contributed by atoms with Gasteiger partial charge in [-0.25, -0.2) is 0 Å². The van der Waals surface area contributed by atoms with Gasteiger partial charge in [-0.3, -0.25) is 4.79 Å². The van der Waals surface area contributed by atoms with Gasteiger partial charge in [0.15, 0.2) is 0 Å². The molecule has 2 saturated carbocycles. The number of nitrogens with one attached hydrogen (secondary N) is 1. The fraction of sp³-hybridized carbons (Fsp3) is 0.938. The van der Waals surface area contributed by atoms with Crippen LogP contribution in [0.4, 0.5) is 0 Å². The molecule has 104 valence electrons. The van der Waals surface area contributed by atoms with Crippen molar-refractivity contribution in [3.05, 3.63) is 0 Å². The third-order valence-corrected chi connectivity index (χ3v) is 5.03. The van der Waals surface area contributed by atoms with Gasteiger partial charge in [-0.15, -0.1) is 0 Å². The molecule has 0 atom stereocenters. The molecule has 2 rings (SSSR count). The zero-order chi connectivity index (χ0) is 12.8. The molecule has 0 amide bonds. The first-order valence-electron chi connectivity index (χ1n) is 7.90. The van der Waals surface area contributed by atoms with Gasteiger partial charge in [0.1, 0.15) is 5.78 Å². The summed E-state index contributed by atoms with van der Waals surface area (Å²) in [6.07, 6.45) is 12.9. The summed E-state index contributed by atoms with van der Waals surface area (Å²) < 4.78 is 0. The maximum absolute atomic E-state index is 11.8. The number of hydrogen-bond acceptors (Lipinski definition) is 2. The van der Waals surface area contributed by atoms with Gasteiger partial charge < -0.3 is 5.32 Å². The Morgan fingerprint density at radius 2 is 1.83 bits per heavy atom. The molecule has 0 bridgehead atoms. The number of carbonyl (C=O) groups is 1. The van der Waals surface area contributed by atoms with E-state index >= 15 is 0 Å². The van der Waals surface area contributed by atoms with Crippen molar-refractivity contribution < 1.29 is 4.79 Å². The Labute approximate surface area is 112 Å². The molecule has 2 nitrogen and oxygen atoms in total. The lowest BCUT2D eigenvalue weighted by Crippen LogP contribution is -2.28. The highest BCUT2D eigenvalue weighted by Crippen LogP contribution is 2.39. The minimum absolute atomic E-state index is 0.429. The monoisotopic (exact) mass is 251 g/mol. The number of ketones is 1. The van der Waals surface area contributed by atoms with E-state index in [1.165, 1.54) is 57.8 Å². The van der Waals surface area contributed by atoms with E-state index in [1.807, 2.05) is 0 Å². The van der Waals surface area contributed by atoms with Gasteiger partial charge in [-0.05, 0) is 37.1 Å². The van der Waals surface area contributed by atoms with Crippen LogP contribution in [0.15, 0.2) is 0 Å². The fourth-order valence-corrected chi connectivity index (χ4v) is 3.71. The molecule has 0 radical (unpaired) electrons. The Bertz CT molecular complexity index is 262. The highest BCUT2D eigenvalue weighted by Gasteiger charge is 2.27. The second kappa shape index (κ2) is 6.70. The predicted molar refractivity (Wildman–Crippen MR) is 75.6 cm³/mol. The van der Waals surface area contributed by atoms with Crippen molar-refractivity contribution in [2.75, 3.05) is 13.1 Å². The Morgan fingerprint density at radius 3 is 2.50 bits per heavy atom. The molecule has 2 aliphatic carbocycles. The molecule has 1 N–H and O–H groups in total. The standard InChI is InChI=1S/C16H29NO/c1-16(8-4-5-9-16)10-11-17-13-15(18)12-14-6-2-3-7-14/h14,17H,2-13H2,1H3. The van der Waals surface area contributed by atoms with Crippen LogP contribution in [0.25, 0.3) is 0 Å². The lowest BCUT2D eigenvalue weighted by molar-refractivity contribution is -0.119. The van der Waals surface area contributed by atoms with Crippen LogP contribution in [0, 0.1) is 11.3 Å². The van der Waals surface area contributed by atoms with Crippen molar-refractivity contribution in [1.29, 1.82) is 0 Å². The number of rotatable bonds is 7. The van der Waals surface area contributed by atoms with Crippen LogP contribution in [0.5, 0.6) is 0 Å². The molecule has 0 aromatic rings. The average molecular weight is 251 g/mol. The summed E-state index contributed by atoms with van der Waals surface area (Å²) in [7, 11) is 0. The summed E-state index contributed by atoms with van der Waals surface area (Å²) in [6, 6.07) is 0. The van der Waals surface area contributed by atoms with Gasteiger partial charge in [0.25, 0.3) is 0 Å². The second-order valence-corrected chi connectivity index (χ2v) is 6.84. The molecule has 0 aromatic carbocycles. The Kier molecular flexibility index (Phi) is 5.23. The van der Waals surface area contributed by atoms with Gasteiger partial charge in [0.2, 0.25) is 0 Å². The number of carbonyl (C=O) groups excluding carboxylic acids is 1. The van der Waals surface area contributed by atoms with E-state index in [0.717, 1.165) is 13.0 Å². The van der Waals surface area contributed by atoms with Crippen molar-refractivity contribution in [2.45, 2.75) is 71.1 Å². The van der Waals surface area contributed by atoms with Crippen LogP contribution in [0.3, 0.4) is 0 Å². The summed E-state index contributed by atoms with van der Waals surface area (Å²) >= 11 is 0. The van der Waals surface area contributed by atoms with Crippen LogP contribution >= 0.6 is 0 Å². The fourth-order valence-electron chi connectivity index (χ4n) is 3.71. The smallest absolute Gasteiger partial charge is 0.146 e. The van der Waals surface area contributed by atoms with E-state index in [9.17, 15) is 4.79 Å². The maximum Gasteiger partial charge on any atom is 0.146 e. The van der Waals surface area contributed by atoms with Gasteiger partial charge in [-0.1, -0.05) is 45.4 Å². The molecule has 2 aliphatic rings. The summed E-state index contributed by atoms with van der Waals surface area (Å²) in [5, 5.41) is 3.36. The molecule has 0 unspecified atom stereocenters. The first kappa shape index (κ1) is 14.0. The van der Waals surface area contributed by atoms with E-state index in [0.29, 0.717) is 23.7 Å². The molecule has 2 heteroatoms. The molecule has 0 aliphatic heterocycles. The number of Topliss-reactive ketones (excluding diaryl/α,β-unsaturated/α-hetero) is 1. The third kappa shape index (κ3) is 4.38. The van der Waals surface area contributed by atoms with E-state index in [2.05, 4.69) is 12.2 Å². The molecule has 0 heterocycles. The minimum Gasteiger partial charge on any atom is -0.310 e. The molecular weight excluding hydrogens is 222 g/mol. The Morgan fingerprint density at radius 1 is 1.17 bits per heavy atom. The zero-order valence-electron chi connectivity index (χ0n) is 12.0. The molecular formula is C16H29NO. The van der Waals surface area contributed by atoms with E-state index in [-0.39, 0.29) is 0 Å². The van der Waals surface area contributed by atoms with Crippen LogP contribution in [0.2, 0.25) is 0 Å². The Balaban J connectivity index is 1.53. The van der Waals surface area contributed by atoms with E-state index in [1.54, 1.807) is 0 Å². The lowest BCUT2D eigenvalue weighted by Gasteiger charge is -2.23. The van der Waals surface area contributed by atoms with Crippen LogP contribution in [0.1, 0.15) is 71.1 Å². The topological polar surface area (TPSA) is 29.1 Å². The minimum atomic E-state index is 0.429. The van der Waals surface area contributed by atoms with E-state index < -0.39 is 0 Å². The van der Waals surface area contributed by atoms with Crippen molar-refractivity contribution in [2.24, 2.45) is 11.3 Å². The first-order valence-corrected chi connectivity index (χ1v) is 7.90.